The lowest BCUT2D eigenvalue weighted by atomic mass is 10.1. The van der Waals surface area contributed by atoms with Crippen molar-refractivity contribution in [2.75, 3.05) is 6.61 Å². The average Bonchev–Trinajstić information content (AvgIpc) is 2.79. The van der Waals surface area contributed by atoms with Crippen LogP contribution in [-0.4, -0.2) is 26.4 Å². The summed E-state index contributed by atoms with van der Waals surface area (Å²) in [6, 6.07) is 5.72. The zero-order valence-corrected chi connectivity index (χ0v) is 12.2. The van der Waals surface area contributed by atoms with Gasteiger partial charge < -0.3 is 10.5 Å². The fraction of sp³-hybridized carbons (Fsp3) is 0.571. The van der Waals surface area contributed by atoms with Crippen molar-refractivity contribution in [1.82, 2.24) is 0 Å². The fourth-order valence-corrected chi connectivity index (χ4v) is 4.64. The quantitative estimate of drug-likeness (QED) is 0.910. The lowest BCUT2D eigenvalue weighted by Crippen LogP contribution is -2.29. The van der Waals surface area contributed by atoms with Crippen molar-refractivity contribution in [1.29, 1.82) is 0 Å². The van der Waals surface area contributed by atoms with Crippen LogP contribution in [0.1, 0.15) is 30.0 Å². The number of aryl methyl sites for hydroxylation is 1. The van der Waals surface area contributed by atoms with Crippen molar-refractivity contribution in [2.24, 2.45) is 5.73 Å². The van der Waals surface area contributed by atoms with E-state index in [0.29, 0.717) is 19.6 Å². The van der Waals surface area contributed by atoms with Crippen LogP contribution in [-0.2, 0) is 26.9 Å². The van der Waals surface area contributed by atoms with Crippen molar-refractivity contribution in [3.05, 3.63) is 34.9 Å². The molecule has 106 valence electrons. The largest absolute Gasteiger partial charge is 0.377 e. The van der Waals surface area contributed by atoms with Crippen molar-refractivity contribution in [3.8, 4) is 0 Å². The van der Waals surface area contributed by atoms with Gasteiger partial charge in [-0.05, 0) is 37.0 Å². The highest BCUT2D eigenvalue weighted by molar-refractivity contribution is 7.91. The molecule has 1 aliphatic heterocycles. The normalized spacial score (nSPS) is 23.7. The predicted molar refractivity (Wildman–Crippen MR) is 75.5 cm³/mol. The van der Waals surface area contributed by atoms with E-state index in [1.54, 1.807) is 0 Å². The van der Waals surface area contributed by atoms with Gasteiger partial charge in [0.2, 0.25) is 0 Å². The van der Waals surface area contributed by atoms with Crippen LogP contribution in [0.5, 0.6) is 0 Å². The first kappa shape index (κ1) is 14.5. The summed E-state index contributed by atoms with van der Waals surface area (Å²) in [6.45, 7) is 4.77. The van der Waals surface area contributed by atoms with E-state index >= 15 is 0 Å². The second-order valence-electron chi connectivity index (χ2n) is 5.18. The van der Waals surface area contributed by atoms with E-state index in [1.165, 1.54) is 0 Å². The summed E-state index contributed by atoms with van der Waals surface area (Å²) in [5.74, 6) is 0.0854. The molecule has 2 atom stereocenters. The molecular formula is C14H21NO3S. The van der Waals surface area contributed by atoms with Crippen molar-refractivity contribution in [2.45, 2.75) is 43.9 Å². The summed E-state index contributed by atoms with van der Waals surface area (Å²) in [5.41, 5.74) is 8.45. The molecule has 2 unspecified atom stereocenters. The second kappa shape index (κ2) is 5.61. The third kappa shape index (κ3) is 3.16. The third-order valence-corrected chi connectivity index (χ3v) is 6.02. The maximum Gasteiger partial charge on any atom is 0.159 e. The van der Waals surface area contributed by atoms with Crippen LogP contribution in [0.25, 0.3) is 0 Å². The molecule has 1 saturated heterocycles. The Morgan fingerprint density at radius 2 is 2.16 bits per heavy atom. The summed E-state index contributed by atoms with van der Waals surface area (Å²) >= 11 is 0. The fourth-order valence-electron chi connectivity index (χ4n) is 2.55. The highest BCUT2D eigenvalue weighted by Gasteiger charge is 2.35. The molecule has 1 aromatic rings. The minimum Gasteiger partial charge on any atom is -0.377 e. The number of hydrogen-bond donors (Lipinski definition) is 1. The Morgan fingerprint density at radius 1 is 1.42 bits per heavy atom. The van der Waals surface area contributed by atoms with Crippen molar-refractivity contribution < 1.29 is 13.2 Å². The molecule has 0 radical (unpaired) electrons. The SMILES string of the molecule is Cc1cc(CN)ccc1CS(=O)(=O)C1CCOC1C. The molecule has 1 heterocycles. The van der Waals surface area contributed by atoms with Gasteiger partial charge in [-0.25, -0.2) is 8.42 Å². The van der Waals surface area contributed by atoms with Crippen LogP contribution in [0.4, 0.5) is 0 Å². The first-order valence-electron chi connectivity index (χ1n) is 6.55. The van der Waals surface area contributed by atoms with Gasteiger partial charge in [0.1, 0.15) is 0 Å². The summed E-state index contributed by atoms with van der Waals surface area (Å²) in [4.78, 5) is 0. The standard InChI is InChI=1S/C14H21NO3S/c1-10-7-12(8-15)3-4-13(10)9-19(16,17)14-5-6-18-11(14)2/h3-4,7,11,14H,5-6,8-9,15H2,1-2H3. The molecular weight excluding hydrogens is 262 g/mol. The van der Waals surface area contributed by atoms with E-state index in [9.17, 15) is 8.42 Å². The van der Waals surface area contributed by atoms with Gasteiger partial charge in [-0.3, -0.25) is 0 Å². The number of rotatable bonds is 4. The van der Waals surface area contributed by atoms with E-state index in [1.807, 2.05) is 32.0 Å². The molecule has 0 aromatic heterocycles. The summed E-state index contributed by atoms with van der Waals surface area (Å²) in [7, 11) is -3.16. The number of sulfone groups is 1. The molecule has 2 rings (SSSR count). The van der Waals surface area contributed by atoms with Crippen LogP contribution in [0.3, 0.4) is 0 Å². The van der Waals surface area contributed by atoms with Crippen molar-refractivity contribution in [3.63, 3.8) is 0 Å². The van der Waals surface area contributed by atoms with Gasteiger partial charge in [-0.2, -0.15) is 0 Å². The smallest absolute Gasteiger partial charge is 0.159 e. The Hall–Kier alpha value is -0.910. The van der Waals surface area contributed by atoms with E-state index in [0.717, 1.165) is 16.7 Å². The predicted octanol–water partition coefficient (Wildman–Crippen LogP) is 1.55. The first-order valence-corrected chi connectivity index (χ1v) is 8.27. The Morgan fingerprint density at radius 3 is 2.68 bits per heavy atom. The summed E-state index contributed by atoms with van der Waals surface area (Å²) in [6.07, 6.45) is 0.400. The Labute approximate surface area is 114 Å². The van der Waals surface area contributed by atoms with E-state index in [2.05, 4.69) is 0 Å². The van der Waals surface area contributed by atoms with Gasteiger partial charge >= 0.3 is 0 Å². The molecule has 2 N–H and O–H groups in total. The Bertz CT molecular complexity index is 554. The molecule has 0 spiro atoms. The molecule has 1 aromatic carbocycles. The van der Waals surface area contributed by atoms with Gasteiger partial charge in [0.25, 0.3) is 0 Å². The lowest BCUT2D eigenvalue weighted by Gasteiger charge is -2.16. The topological polar surface area (TPSA) is 69.4 Å². The van der Waals surface area contributed by atoms with Gasteiger partial charge in [0.15, 0.2) is 9.84 Å². The molecule has 0 amide bonds. The van der Waals surface area contributed by atoms with Crippen LogP contribution in [0.15, 0.2) is 18.2 Å². The minimum absolute atomic E-state index is 0.0854. The molecule has 1 aliphatic rings. The van der Waals surface area contributed by atoms with Crippen molar-refractivity contribution >= 4 is 9.84 Å². The number of benzene rings is 1. The first-order chi connectivity index (χ1) is 8.94. The van der Waals surface area contributed by atoms with Gasteiger partial charge in [0, 0.05) is 13.2 Å². The molecule has 0 saturated carbocycles. The molecule has 0 bridgehead atoms. The Kier molecular flexibility index (Phi) is 4.28. The average molecular weight is 283 g/mol. The van der Waals surface area contributed by atoms with Gasteiger partial charge in [-0.1, -0.05) is 18.2 Å². The van der Waals surface area contributed by atoms with Crippen LogP contribution in [0, 0.1) is 6.92 Å². The van der Waals surface area contributed by atoms with Crippen LogP contribution >= 0.6 is 0 Å². The van der Waals surface area contributed by atoms with E-state index in [-0.39, 0.29) is 17.1 Å². The highest BCUT2D eigenvalue weighted by atomic mass is 32.2. The highest BCUT2D eigenvalue weighted by Crippen LogP contribution is 2.25. The molecule has 0 aliphatic carbocycles. The zero-order valence-electron chi connectivity index (χ0n) is 11.4. The number of nitrogens with two attached hydrogens (primary N) is 1. The summed E-state index contributed by atoms with van der Waals surface area (Å²) < 4.78 is 30.2. The van der Waals surface area contributed by atoms with Crippen LogP contribution < -0.4 is 5.73 Å². The van der Waals surface area contributed by atoms with E-state index < -0.39 is 9.84 Å². The number of hydrogen-bond acceptors (Lipinski definition) is 4. The van der Waals surface area contributed by atoms with Gasteiger partial charge in [-0.15, -0.1) is 0 Å². The monoisotopic (exact) mass is 283 g/mol. The summed E-state index contributed by atoms with van der Waals surface area (Å²) in [5, 5.41) is -0.374. The Balaban J connectivity index is 2.20. The maximum atomic E-state index is 12.4. The lowest BCUT2D eigenvalue weighted by molar-refractivity contribution is 0.126. The maximum absolute atomic E-state index is 12.4. The van der Waals surface area contributed by atoms with Gasteiger partial charge in [0.05, 0.1) is 17.1 Å². The molecule has 1 fully saturated rings. The van der Waals surface area contributed by atoms with E-state index in [4.69, 9.17) is 10.5 Å². The second-order valence-corrected chi connectivity index (χ2v) is 7.40. The molecule has 4 nitrogen and oxygen atoms in total. The zero-order chi connectivity index (χ0) is 14.0. The molecule has 19 heavy (non-hydrogen) atoms. The third-order valence-electron chi connectivity index (χ3n) is 3.77. The minimum atomic E-state index is -3.16. The number of ether oxygens (including phenoxy) is 1. The van der Waals surface area contributed by atoms with Crippen LogP contribution in [0.2, 0.25) is 0 Å². The molecule has 5 heteroatoms.